The zero-order valence-corrected chi connectivity index (χ0v) is 11.0. The van der Waals surface area contributed by atoms with Gasteiger partial charge >= 0.3 is 0 Å². The second kappa shape index (κ2) is 5.69. The number of rotatable bonds is 3. The van der Waals surface area contributed by atoms with E-state index in [0.29, 0.717) is 22.1 Å². The molecule has 1 aromatic heterocycles. The van der Waals surface area contributed by atoms with Crippen molar-refractivity contribution in [3.8, 4) is 0 Å². The molecule has 0 bridgehead atoms. The van der Waals surface area contributed by atoms with Crippen LogP contribution in [0.3, 0.4) is 0 Å². The zero-order chi connectivity index (χ0) is 13.8. The molecule has 0 saturated carbocycles. The highest BCUT2D eigenvalue weighted by atomic mass is 35.5. The number of hydrogen-bond acceptors (Lipinski definition) is 4. The maximum absolute atomic E-state index is 12.1. The van der Waals surface area contributed by atoms with E-state index >= 15 is 0 Å². The average molecular weight is 277 g/mol. The fourth-order valence-electron chi connectivity index (χ4n) is 1.57. The molecule has 0 aliphatic carbocycles. The number of nitrogens with zero attached hydrogens (tertiary/aromatic N) is 1. The van der Waals surface area contributed by atoms with Crippen molar-refractivity contribution in [3.63, 3.8) is 0 Å². The van der Waals surface area contributed by atoms with E-state index < -0.39 is 0 Å². The van der Waals surface area contributed by atoms with Crippen molar-refractivity contribution < 1.29 is 4.79 Å². The number of carbonyl (C=O) groups excluding carboxylic acids is 1. The van der Waals surface area contributed by atoms with Gasteiger partial charge in [-0.25, -0.2) is 10.8 Å². The standard InChI is InChI=1S/C13H13ClN4O/c1-8-2-3-10(14)7-11(8)17-13(19)9-4-5-16-12(6-9)18-15/h2-7H,15H2,1H3,(H,16,18)(H,17,19). The smallest absolute Gasteiger partial charge is 0.255 e. The Morgan fingerprint density at radius 3 is 2.84 bits per heavy atom. The van der Waals surface area contributed by atoms with Crippen LogP contribution in [0.15, 0.2) is 36.5 Å². The molecule has 0 spiro atoms. The van der Waals surface area contributed by atoms with Gasteiger partial charge in [0.05, 0.1) is 0 Å². The third kappa shape index (κ3) is 3.21. The van der Waals surface area contributed by atoms with Gasteiger partial charge in [-0.2, -0.15) is 0 Å². The van der Waals surface area contributed by atoms with E-state index in [2.05, 4.69) is 15.7 Å². The predicted octanol–water partition coefficient (Wildman–Crippen LogP) is 2.58. The summed E-state index contributed by atoms with van der Waals surface area (Å²) in [5, 5.41) is 3.37. The van der Waals surface area contributed by atoms with Gasteiger partial charge in [0, 0.05) is 22.5 Å². The minimum absolute atomic E-state index is 0.246. The lowest BCUT2D eigenvalue weighted by Crippen LogP contribution is -2.14. The molecule has 0 atom stereocenters. The Balaban J connectivity index is 2.22. The molecule has 6 heteroatoms. The first kappa shape index (κ1) is 13.3. The first-order valence-corrected chi connectivity index (χ1v) is 5.98. The molecule has 0 unspecified atom stereocenters. The van der Waals surface area contributed by atoms with Crippen LogP contribution in [0, 0.1) is 6.92 Å². The lowest BCUT2D eigenvalue weighted by atomic mass is 10.2. The van der Waals surface area contributed by atoms with Gasteiger partial charge in [-0.15, -0.1) is 0 Å². The van der Waals surface area contributed by atoms with Crippen molar-refractivity contribution in [2.75, 3.05) is 10.7 Å². The van der Waals surface area contributed by atoms with Crippen LogP contribution in [0.4, 0.5) is 11.5 Å². The largest absolute Gasteiger partial charge is 0.322 e. The van der Waals surface area contributed by atoms with Crippen LogP contribution >= 0.6 is 11.6 Å². The highest BCUT2D eigenvalue weighted by Gasteiger charge is 2.09. The van der Waals surface area contributed by atoms with E-state index in [1.54, 1.807) is 24.3 Å². The topological polar surface area (TPSA) is 80.0 Å². The number of aromatic nitrogens is 1. The molecule has 0 radical (unpaired) electrons. The normalized spacial score (nSPS) is 10.1. The van der Waals surface area contributed by atoms with E-state index in [0.717, 1.165) is 5.56 Å². The Labute approximate surface area is 115 Å². The SMILES string of the molecule is Cc1ccc(Cl)cc1NC(=O)c1ccnc(NN)c1. The van der Waals surface area contributed by atoms with Gasteiger partial charge in [0.15, 0.2) is 0 Å². The van der Waals surface area contributed by atoms with Crippen LogP contribution in [0.1, 0.15) is 15.9 Å². The van der Waals surface area contributed by atoms with Gasteiger partial charge in [0.2, 0.25) is 0 Å². The molecule has 0 aliphatic rings. The Hall–Kier alpha value is -2.11. The predicted molar refractivity (Wildman–Crippen MR) is 76.2 cm³/mol. The number of nitrogen functional groups attached to an aromatic ring is 1. The number of halogens is 1. The van der Waals surface area contributed by atoms with Gasteiger partial charge in [-0.1, -0.05) is 17.7 Å². The molecule has 19 heavy (non-hydrogen) atoms. The highest BCUT2D eigenvalue weighted by molar-refractivity contribution is 6.31. The van der Waals surface area contributed by atoms with Crippen LogP contribution in [0.2, 0.25) is 5.02 Å². The molecular weight excluding hydrogens is 264 g/mol. The van der Waals surface area contributed by atoms with E-state index in [9.17, 15) is 4.79 Å². The van der Waals surface area contributed by atoms with Crippen LogP contribution in [0.25, 0.3) is 0 Å². The van der Waals surface area contributed by atoms with Crippen molar-refractivity contribution in [1.29, 1.82) is 0 Å². The molecule has 4 N–H and O–H groups in total. The van der Waals surface area contributed by atoms with E-state index in [1.165, 1.54) is 6.20 Å². The highest BCUT2D eigenvalue weighted by Crippen LogP contribution is 2.21. The number of aryl methyl sites for hydroxylation is 1. The maximum atomic E-state index is 12.1. The number of hydrogen-bond donors (Lipinski definition) is 3. The molecular formula is C13H13ClN4O. The fraction of sp³-hybridized carbons (Fsp3) is 0.0769. The van der Waals surface area contributed by atoms with Gasteiger partial charge in [0.25, 0.3) is 5.91 Å². The van der Waals surface area contributed by atoms with E-state index in [-0.39, 0.29) is 5.91 Å². The molecule has 1 amide bonds. The summed E-state index contributed by atoms with van der Waals surface area (Å²) in [6.45, 7) is 1.89. The summed E-state index contributed by atoms with van der Waals surface area (Å²) >= 11 is 5.91. The molecule has 1 heterocycles. The Bertz CT molecular complexity index is 615. The van der Waals surface area contributed by atoms with Crippen LogP contribution < -0.4 is 16.6 Å². The maximum Gasteiger partial charge on any atom is 0.255 e. The number of amides is 1. The van der Waals surface area contributed by atoms with Crippen molar-refractivity contribution in [3.05, 3.63) is 52.7 Å². The number of nitrogens with two attached hydrogens (primary N) is 1. The average Bonchev–Trinajstić information content (AvgIpc) is 2.43. The minimum Gasteiger partial charge on any atom is -0.322 e. The Morgan fingerprint density at radius 1 is 1.32 bits per heavy atom. The summed E-state index contributed by atoms with van der Waals surface area (Å²) in [6, 6.07) is 8.50. The van der Waals surface area contributed by atoms with Gasteiger partial charge in [-0.05, 0) is 36.8 Å². The van der Waals surface area contributed by atoms with Gasteiger partial charge in [-0.3, -0.25) is 4.79 Å². The molecule has 0 saturated heterocycles. The summed E-state index contributed by atoms with van der Waals surface area (Å²) in [6.07, 6.45) is 1.51. The van der Waals surface area contributed by atoms with Crippen molar-refractivity contribution in [2.24, 2.45) is 5.84 Å². The molecule has 0 aliphatic heterocycles. The van der Waals surface area contributed by atoms with E-state index in [1.807, 2.05) is 13.0 Å². The van der Waals surface area contributed by atoms with Crippen molar-refractivity contribution in [1.82, 2.24) is 4.98 Å². The number of benzene rings is 1. The summed E-state index contributed by atoms with van der Waals surface area (Å²) in [7, 11) is 0. The van der Waals surface area contributed by atoms with Gasteiger partial charge in [0.1, 0.15) is 5.82 Å². The van der Waals surface area contributed by atoms with Gasteiger partial charge < -0.3 is 10.7 Å². The first-order chi connectivity index (χ1) is 9.10. The number of nitrogens with one attached hydrogen (secondary N) is 2. The summed E-state index contributed by atoms with van der Waals surface area (Å²) < 4.78 is 0. The first-order valence-electron chi connectivity index (χ1n) is 5.60. The third-order valence-corrected chi connectivity index (χ3v) is 2.85. The quantitative estimate of drug-likeness (QED) is 0.595. The third-order valence-electron chi connectivity index (χ3n) is 2.62. The van der Waals surface area contributed by atoms with Crippen LogP contribution in [0.5, 0.6) is 0 Å². The summed E-state index contributed by atoms with van der Waals surface area (Å²) in [5.74, 6) is 5.43. The Morgan fingerprint density at radius 2 is 2.11 bits per heavy atom. The molecule has 2 aromatic rings. The molecule has 98 valence electrons. The monoisotopic (exact) mass is 276 g/mol. The lowest BCUT2D eigenvalue weighted by Gasteiger charge is -2.09. The fourth-order valence-corrected chi connectivity index (χ4v) is 1.75. The van der Waals surface area contributed by atoms with Crippen LogP contribution in [-0.4, -0.2) is 10.9 Å². The number of hydrazine groups is 1. The van der Waals surface area contributed by atoms with E-state index in [4.69, 9.17) is 17.4 Å². The lowest BCUT2D eigenvalue weighted by molar-refractivity contribution is 0.102. The second-order valence-corrected chi connectivity index (χ2v) is 4.42. The Kier molecular flexibility index (Phi) is 3.99. The van der Waals surface area contributed by atoms with Crippen molar-refractivity contribution in [2.45, 2.75) is 6.92 Å². The molecule has 0 fully saturated rings. The molecule has 2 rings (SSSR count). The van der Waals surface area contributed by atoms with Crippen LogP contribution in [-0.2, 0) is 0 Å². The number of carbonyl (C=O) groups is 1. The summed E-state index contributed by atoms with van der Waals surface area (Å²) in [4.78, 5) is 16.0. The molecule has 1 aromatic carbocycles. The van der Waals surface area contributed by atoms with Crippen molar-refractivity contribution >= 4 is 29.0 Å². The zero-order valence-electron chi connectivity index (χ0n) is 10.3. The second-order valence-electron chi connectivity index (χ2n) is 3.99. The minimum atomic E-state index is -0.246. The number of pyridine rings is 1. The summed E-state index contributed by atoms with van der Waals surface area (Å²) in [5.41, 5.74) is 4.47. The number of anilines is 2. The molecule has 5 nitrogen and oxygen atoms in total.